The highest BCUT2D eigenvalue weighted by atomic mass is 16.2. The van der Waals surface area contributed by atoms with Crippen LogP contribution in [0.5, 0.6) is 0 Å². The second-order valence-corrected chi connectivity index (χ2v) is 8.03. The first-order valence-corrected chi connectivity index (χ1v) is 11.1. The third-order valence-corrected chi connectivity index (χ3v) is 5.70. The van der Waals surface area contributed by atoms with E-state index in [-0.39, 0.29) is 16.9 Å². The Morgan fingerprint density at radius 3 is 2.69 bits per heavy atom. The molecule has 0 unspecified atom stereocenters. The summed E-state index contributed by atoms with van der Waals surface area (Å²) in [5.74, 6) is -0.000628. The molecule has 35 heavy (non-hydrogen) atoms. The predicted octanol–water partition coefficient (Wildman–Crippen LogP) is 3.53. The zero-order chi connectivity index (χ0) is 24.5. The number of rotatable bonds is 5. The van der Waals surface area contributed by atoms with Crippen LogP contribution in [0.1, 0.15) is 41.6 Å². The van der Waals surface area contributed by atoms with Gasteiger partial charge in [0.25, 0.3) is 11.5 Å². The van der Waals surface area contributed by atoms with Gasteiger partial charge in [-0.2, -0.15) is 0 Å². The number of para-hydroxylation sites is 1. The first-order valence-electron chi connectivity index (χ1n) is 11.1. The molecule has 0 bridgehead atoms. The van der Waals surface area contributed by atoms with Gasteiger partial charge in [-0.1, -0.05) is 42.5 Å². The van der Waals surface area contributed by atoms with E-state index in [4.69, 9.17) is 10.7 Å². The molecular formula is C26H23N7O2. The number of nitrogens with zero attached hydrogens (tertiary/aromatic N) is 5. The zero-order valence-corrected chi connectivity index (χ0v) is 19.2. The van der Waals surface area contributed by atoms with Gasteiger partial charge in [0.2, 0.25) is 0 Å². The Morgan fingerprint density at radius 2 is 1.91 bits per heavy atom. The van der Waals surface area contributed by atoms with E-state index in [0.717, 1.165) is 5.56 Å². The van der Waals surface area contributed by atoms with Gasteiger partial charge in [-0.05, 0) is 43.7 Å². The molecule has 0 aliphatic rings. The Hall–Kier alpha value is -4.79. The lowest BCUT2D eigenvalue weighted by molar-refractivity contribution is 0.0940. The van der Waals surface area contributed by atoms with Crippen LogP contribution in [-0.2, 0) is 0 Å². The molecule has 0 aliphatic heterocycles. The van der Waals surface area contributed by atoms with Gasteiger partial charge in [0.15, 0.2) is 11.5 Å². The van der Waals surface area contributed by atoms with Crippen LogP contribution in [0.2, 0.25) is 0 Å². The van der Waals surface area contributed by atoms with Crippen LogP contribution in [0.25, 0.3) is 28.3 Å². The van der Waals surface area contributed by atoms with E-state index >= 15 is 0 Å². The van der Waals surface area contributed by atoms with Crippen molar-refractivity contribution in [1.82, 2.24) is 29.5 Å². The summed E-state index contributed by atoms with van der Waals surface area (Å²) in [5, 5.41) is 7.59. The summed E-state index contributed by atoms with van der Waals surface area (Å²) in [4.78, 5) is 36.1. The van der Waals surface area contributed by atoms with Crippen LogP contribution in [0.4, 0.5) is 5.82 Å². The number of aromatic nitrogens is 5. The number of hydrogen-bond donors (Lipinski definition) is 2. The number of nitrogen functional groups attached to an aromatic ring is 1. The highest BCUT2D eigenvalue weighted by molar-refractivity contribution is 6.04. The quantitative estimate of drug-likeness (QED) is 0.410. The summed E-state index contributed by atoms with van der Waals surface area (Å²) >= 11 is 0. The largest absolute Gasteiger partial charge is 0.381 e. The Kier molecular flexibility index (Phi) is 5.58. The van der Waals surface area contributed by atoms with Crippen molar-refractivity contribution in [3.8, 4) is 5.69 Å². The number of nitrogens with two attached hydrogens (primary N) is 1. The summed E-state index contributed by atoms with van der Waals surface area (Å²) in [6.07, 6.45) is 7.00. The summed E-state index contributed by atoms with van der Waals surface area (Å²) in [5.41, 5.74) is 8.29. The summed E-state index contributed by atoms with van der Waals surface area (Å²) in [6, 6.07) is 15.8. The van der Waals surface area contributed by atoms with E-state index in [1.165, 1.54) is 9.08 Å². The molecule has 0 saturated carbocycles. The van der Waals surface area contributed by atoms with Crippen molar-refractivity contribution < 1.29 is 4.79 Å². The molecule has 0 spiro atoms. The lowest BCUT2D eigenvalue weighted by Crippen LogP contribution is -2.33. The van der Waals surface area contributed by atoms with Crippen molar-refractivity contribution >= 4 is 34.4 Å². The number of benzene rings is 2. The number of hydrogen-bond acceptors (Lipinski definition) is 6. The number of carbonyl (C=O) groups excluding carboxylic acids is 1. The average Bonchev–Trinajstić information content (AvgIpc) is 3.20. The number of fused-ring (bicyclic) bond motifs is 2. The fraction of sp³-hybridized carbons (Fsp3) is 0.115. The van der Waals surface area contributed by atoms with Crippen LogP contribution in [0.15, 0.2) is 77.9 Å². The predicted molar refractivity (Wildman–Crippen MR) is 135 cm³/mol. The summed E-state index contributed by atoms with van der Waals surface area (Å²) in [7, 11) is 0. The van der Waals surface area contributed by atoms with Crippen LogP contribution in [-0.4, -0.2) is 30.1 Å². The minimum absolute atomic E-state index is 0.0660. The van der Waals surface area contributed by atoms with Crippen LogP contribution >= 0.6 is 0 Å². The minimum atomic E-state index is -0.636. The number of amides is 1. The van der Waals surface area contributed by atoms with Gasteiger partial charge in [-0.3, -0.25) is 14.2 Å². The highest BCUT2D eigenvalue weighted by Crippen LogP contribution is 2.22. The molecule has 0 saturated heterocycles. The maximum absolute atomic E-state index is 13.8. The first kappa shape index (κ1) is 22.0. The fourth-order valence-electron chi connectivity index (χ4n) is 4.16. The van der Waals surface area contributed by atoms with Gasteiger partial charge in [0, 0.05) is 12.4 Å². The van der Waals surface area contributed by atoms with Crippen LogP contribution < -0.4 is 16.6 Å². The Bertz CT molecular complexity index is 1650. The highest BCUT2D eigenvalue weighted by Gasteiger charge is 2.24. The number of carbonyl (C=O) groups is 1. The SMILES string of the molecule is C/C=C/c1cccc2nc([C@H](C)NC(=O)c3c(N)nn4cccnc34)n(-c3ccccc3)c(=O)c12. The van der Waals surface area contributed by atoms with Gasteiger partial charge in [0.05, 0.1) is 22.6 Å². The van der Waals surface area contributed by atoms with Crippen LogP contribution in [0, 0.1) is 0 Å². The van der Waals surface area contributed by atoms with E-state index in [0.29, 0.717) is 28.1 Å². The molecule has 174 valence electrons. The molecule has 9 nitrogen and oxygen atoms in total. The Balaban J connectivity index is 1.66. The molecule has 1 amide bonds. The van der Waals surface area contributed by atoms with E-state index in [9.17, 15) is 9.59 Å². The molecule has 3 heterocycles. The monoisotopic (exact) mass is 465 g/mol. The number of nitrogens with one attached hydrogen (secondary N) is 1. The number of allylic oxidation sites excluding steroid dienone is 1. The van der Waals surface area contributed by atoms with Gasteiger partial charge < -0.3 is 11.1 Å². The van der Waals surface area contributed by atoms with E-state index < -0.39 is 11.9 Å². The maximum Gasteiger partial charge on any atom is 0.266 e. The van der Waals surface area contributed by atoms with E-state index in [2.05, 4.69) is 15.4 Å². The lowest BCUT2D eigenvalue weighted by Gasteiger charge is -2.20. The molecule has 1 atom stereocenters. The summed E-state index contributed by atoms with van der Waals surface area (Å²) in [6.45, 7) is 3.67. The standard InChI is InChI=1S/C26H23N7O2/c1-3-9-17-10-7-13-19-20(17)26(35)33(18-11-5-4-6-12-18)23(30-19)16(2)29-25(34)21-22(27)31-32-15-8-14-28-24(21)32/h3-16H,1-2H3,(H2,27,31)(H,29,34)/b9-3+/t16-/m0/s1. The van der Waals surface area contributed by atoms with Crippen LogP contribution in [0.3, 0.4) is 0 Å². The second kappa shape index (κ2) is 8.86. The van der Waals surface area contributed by atoms with Gasteiger partial charge in [-0.15, -0.1) is 5.10 Å². The van der Waals surface area contributed by atoms with E-state index in [1.54, 1.807) is 31.5 Å². The third kappa shape index (κ3) is 3.82. The molecule has 0 fully saturated rings. The molecule has 0 radical (unpaired) electrons. The fourth-order valence-corrected chi connectivity index (χ4v) is 4.16. The second-order valence-electron chi connectivity index (χ2n) is 8.03. The van der Waals surface area contributed by atoms with Crippen molar-refractivity contribution in [2.75, 3.05) is 5.73 Å². The van der Waals surface area contributed by atoms with Crippen molar-refractivity contribution in [1.29, 1.82) is 0 Å². The summed E-state index contributed by atoms with van der Waals surface area (Å²) < 4.78 is 2.99. The van der Waals surface area contributed by atoms with Crippen molar-refractivity contribution in [2.45, 2.75) is 19.9 Å². The molecule has 3 aromatic heterocycles. The van der Waals surface area contributed by atoms with Crippen molar-refractivity contribution in [3.63, 3.8) is 0 Å². The zero-order valence-electron chi connectivity index (χ0n) is 19.2. The number of anilines is 1. The average molecular weight is 466 g/mol. The lowest BCUT2D eigenvalue weighted by atomic mass is 10.1. The first-order chi connectivity index (χ1) is 17.0. The van der Waals surface area contributed by atoms with Gasteiger partial charge in [0.1, 0.15) is 11.4 Å². The molecule has 5 aromatic rings. The molecule has 0 aliphatic carbocycles. The molecule has 3 N–H and O–H groups in total. The molecule has 9 heteroatoms. The van der Waals surface area contributed by atoms with Crippen molar-refractivity contribution in [2.24, 2.45) is 0 Å². The van der Waals surface area contributed by atoms with Gasteiger partial charge in [-0.25, -0.2) is 14.5 Å². The minimum Gasteiger partial charge on any atom is -0.381 e. The molecule has 5 rings (SSSR count). The van der Waals surface area contributed by atoms with Crippen molar-refractivity contribution in [3.05, 3.63) is 100 Å². The normalized spacial score (nSPS) is 12.4. The maximum atomic E-state index is 13.8. The molecule has 2 aromatic carbocycles. The Labute approximate surface area is 200 Å². The molecular weight excluding hydrogens is 442 g/mol. The third-order valence-electron chi connectivity index (χ3n) is 5.70. The Morgan fingerprint density at radius 1 is 1.11 bits per heavy atom. The van der Waals surface area contributed by atoms with E-state index in [1.807, 2.05) is 61.5 Å². The smallest absolute Gasteiger partial charge is 0.266 e. The van der Waals surface area contributed by atoms with Gasteiger partial charge >= 0.3 is 0 Å². The topological polar surface area (TPSA) is 120 Å².